The lowest BCUT2D eigenvalue weighted by Crippen LogP contribution is -2.51. The first kappa shape index (κ1) is 22.0. The highest BCUT2D eigenvalue weighted by Gasteiger charge is 2.30. The van der Waals surface area contributed by atoms with Gasteiger partial charge in [-0.15, -0.1) is 0 Å². The zero-order chi connectivity index (χ0) is 22.8. The molecule has 2 saturated heterocycles. The summed E-state index contributed by atoms with van der Waals surface area (Å²) in [6, 6.07) is 21.7. The fourth-order valence-electron chi connectivity index (χ4n) is 5.51. The zero-order valence-electron chi connectivity index (χ0n) is 20.0. The van der Waals surface area contributed by atoms with Crippen molar-refractivity contribution < 1.29 is 4.79 Å². The number of anilines is 1. The van der Waals surface area contributed by atoms with Crippen LogP contribution in [0.2, 0.25) is 0 Å². The maximum Gasteiger partial charge on any atom is 0.225 e. The lowest BCUT2D eigenvalue weighted by atomic mass is 9.94. The molecule has 4 nitrogen and oxygen atoms in total. The number of benzene rings is 3. The third-order valence-corrected chi connectivity index (χ3v) is 7.72. The van der Waals surface area contributed by atoms with Crippen LogP contribution in [0.1, 0.15) is 29.5 Å². The Morgan fingerprint density at radius 1 is 0.818 bits per heavy atom. The van der Waals surface area contributed by atoms with Crippen LogP contribution >= 0.6 is 0 Å². The van der Waals surface area contributed by atoms with Crippen LogP contribution < -0.4 is 4.90 Å². The van der Waals surface area contributed by atoms with Gasteiger partial charge in [-0.3, -0.25) is 9.69 Å². The van der Waals surface area contributed by atoms with E-state index in [0.29, 0.717) is 5.91 Å². The minimum atomic E-state index is 0.182. The van der Waals surface area contributed by atoms with E-state index >= 15 is 0 Å². The largest absolute Gasteiger partial charge is 0.368 e. The SMILES string of the molecule is Cc1cccc(N2CCN(C(=O)C3CCN(Cc4cccc5ccccc45)CC3)CC2)c1C. The van der Waals surface area contributed by atoms with Crippen LogP contribution in [0.4, 0.5) is 5.69 Å². The van der Waals surface area contributed by atoms with Crippen LogP contribution in [0.25, 0.3) is 10.8 Å². The molecule has 2 heterocycles. The van der Waals surface area contributed by atoms with E-state index in [1.54, 1.807) is 0 Å². The lowest BCUT2D eigenvalue weighted by molar-refractivity contribution is -0.137. The summed E-state index contributed by atoms with van der Waals surface area (Å²) in [6.45, 7) is 10.9. The molecule has 0 atom stereocenters. The van der Waals surface area contributed by atoms with E-state index in [2.05, 4.69) is 89.2 Å². The van der Waals surface area contributed by atoms with Crippen molar-refractivity contribution in [1.29, 1.82) is 0 Å². The Hall–Kier alpha value is -2.85. The zero-order valence-corrected chi connectivity index (χ0v) is 20.0. The minimum absolute atomic E-state index is 0.182. The Labute approximate surface area is 197 Å². The summed E-state index contributed by atoms with van der Waals surface area (Å²) < 4.78 is 0. The molecule has 3 aromatic carbocycles. The highest BCUT2D eigenvalue weighted by Crippen LogP contribution is 2.27. The van der Waals surface area contributed by atoms with Gasteiger partial charge in [0.05, 0.1) is 0 Å². The number of hydrogen-bond donors (Lipinski definition) is 0. The van der Waals surface area contributed by atoms with E-state index < -0.39 is 0 Å². The summed E-state index contributed by atoms with van der Waals surface area (Å²) in [5, 5.41) is 2.65. The van der Waals surface area contributed by atoms with E-state index in [-0.39, 0.29) is 5.92 Å². The Bertz CT molecular complexity index is 1120. The maximum absolute atomic E-state index is 13.2. The van der Waals surface area contributed by atoms with Gasteiger partial charge in [-0.25, -0.2) is 0 Å². The number of hydrogen-bond acceptors (Lipinski definition) is 3. The van der Waals surface area contributed by atoms with Crippen LogP contribution in [0.15, 0.2) is 60.7 Å². The highest BCUT2D eigenvalue weighted by molar-refractivity contribution is 5.85. The molecule has 5 rings (SSSR count). The van der Waals surface area contributed by atoms with Crippen molar-refractivity contribution in [2.24, 2.45) is 5.92 Å². The molecule has 33 heavy (non-hydrogen) atoms. The highest BCUT2D eigenvalue weighted by atomic mass is 16.2. The molecule has 1 amide bonds. The molecule has 2 aliphatic heterocycles. The van der Waals surface area contributed by atoms with Crippen molar-refractivity contribution in [3.8, 4) is 0 Å². The minimum Gasteiger partial charge on any atom is -0.368 e. The van der Waals surface area contributed by atoms with Gasteiger partial charge in [0.2, 0.25) is 5.91 Å². The van der Waals surface area contributed by atoms with Crippen LogP contribution in [0.3, 0.4) is 0 Å². The van der Waals surface area contributed by atoms with Gasteiger partial charge < -0.3 is 9.80 Å². The van der Waals surface area contributed by atoms with Crippen molar-refractivity contribution >= 4 is 22.4 Å². The van der Waals surface area contributed by atoms with Gasteiger partial charge in [0.15, 0.2) is 0 Å². The number of nitrogens with zero attached hydrogens (tertiary/aromatic N) is 3. The van der Waals surface area contributed by atoms with Gasteiger partial charge in [-0.2, -0.15) is 0 Å². The predicted octanol–water partition coefficient (Wildman–Crippen LogP) is 5.02. The molecular weight excluding hydrogens is 406 g/mol. The van der Waals surface area contributed by atoms with Crippen LogP contribution in [-0.4, -0.2) is 55.0 Å². The first-order valence-corrected chi connectivity index (χ1v) is 12.4. The number of aryl methyl sites for hydroxylation is 1. The van der Waals surface area contributed by atoms with E-state index in [4.69, 9.17) is 0 Å². The van der Waals surface area contributed by atoms with Gasteiger partial charge >= 0.3 is 0 Å². The van der Waals surface area contributed by atoms with Gasteiger partial charge in [0.25, 0.3) is 0 Å². The van der Waals surface area contributed by atoms with Gasteiger partial charge in [0, 0.05) is 44.3 Å². The van der Waals surface area contributed by atoms with Crippen molar-refractivity contribution in [2.75, 3.05) is 44.2 Å². The smallest absolute Gasteiger partial charge is 0.225 e. The van der Waals surface area contributed by atoms with E-state index in [1.807, 2.05) is 0 Å². The second-order valence-corrected chi connectivity index (χ2v) is 9.72. The number of amides is 1. The number of rotatable bonds is 4. The average Bonchev–Trinajstić information content (AvgIpc) is 2.86. The van der Waals surface area contributed by atoms with Crippen molar-refractivity contribution in [2.45, 2.75) is 33.2 Å². The number of likely N-dealkylation sites (tertiary alicyclic amines) is 1. The summed E-state index contributed by atoms with van der Waals surface area (Å²) >= 11 is 0. The summed E-state index contributed by atoms with van der Waals surface area (Å²) in [7, 11) is 0. The van der Waals surface area contributed by atoms with Crippen LogP contribution in [0, 0.1) is 19.8 Å². The quantitative estimate of drug-likeness (QED) is 0.569. The molecule has 0 aromatic heterocycles. The normalized spacial score (nSPS) is 18.1. The molecule has 0 saturated carbocycles. The Kier molecular flexibility index (Phi) is 6.37. The van der Waals surface area contributed by atoms with Gasteiger partial charge in [-0.1, -0.05) is 54.6 Å². The second kappa shape index (κ2) is 9.56. The fraction of sp³-hybridized carbons (Fsp3) is 0.414. The summed E-state index contributed by atoms with van der Waals surface area (Å²) in [4.78, 5) is 20.3. The standard InChI is InChI=1S/C29H35N3O/c1-22-7-5-12-28(23(22)2)31-17-19-32(20-18-31)29(33)25-13-15-30(16-14-25)21-26-10-6-9-24-8-3-4-11-27(24)26/h3-12,25H,13-21H2,1-2H3. The molecule has 4 heteroatoms. The Balaban J connectivity index is 1.14. The number of carbonyl (C=O) groups is 1. The lowest BCUT2D eigenvalue weighted by Gasteiger charge is -2.40. The van der Waals surface area contributed by atoms with E-state index in [0.717, 1.165) is 58.7 Å². The molecule has 0 spiro atoms. The molecule has 3 aromatic rings. The summed E-state index contributed by atoms with van der Waals surface area (Å²) in [5.74, 6) is 0.557. The molecular formula is C29H35N3O. The molecule has 0 unspecified atom stereocenters. The van der Waals surface area contributed by atoms with Crippen molar-refractivity contribution in [3.63, 3.8) is 0 Å². The molecule has 2 fully saturated rings. The molecule has 172 valence electrons. The number of piperazine rings is 1. The molecule has 2 aliphatic rings. The summed E-state index contributed by atoms with van der Waals surface area (Å²) in [6.07, 6.45) is 1.95. The topological polar surface area (TPSA) is 26.8 Å². The first-order valence-electron chi connectivity index (χ1n) is 12.4. The Morgan fingerprint density at radius 3 is 2.30 bits per heavy atom. The van der Waals surface area contributed by atoms with Crippen molar-refractivity contribution in [3.05, 3.63) is 77.4 Å². The number of carbonyl (C=O) groups excluding carboxylic acids is 1. The third-order valence-electron chi connectivity index (χ3n) is 7.72. The van der Waals surface area contributed by atoms with E-state index in [1.165, 1.54) is 33.2 Å². The van der Waals surface area contributed by atoms with Crippen molar-refractivity contribution in [1.82, 2.24) is 9.80 Å². The Morgan fingerprint density at radius 2 is 1.52 bits per heavy atom. The van der Waals surface area contributed by atoms with Gasteiger partial charge in [-0.05, 0) is 73.3 Å². The number of fused-ring (bicyclic) bond motifs is 1. The third kappa shape index (κ3) is 4.63. The second-order valence-electron chi connectivity index (χ2n) is 9.72. The molecule has 0 N–H and O–H groups in total. The summed E-state index contributed by atoms with van der Waals surface area (Å²) in [5.41, 5.74) is 5.40. The maximum atomic E-state index is 13.2. The first-order chi connectivity index (χ1) is 16.1. The molecule has 0 aliphatic carbocycles. The predicted molar refractivity (Wildman–Crippen MR) is 137 cm³/mol. The average molecular weight is 442 g/mol. The fourth-order valence-corrected chi connectivity index (χ4v) is 5.51. The molecule has 0 bridgehead atoms. The molecule has 0 radical (unpaired) electrons. The number of piperidine rings is 1. The monoisotopic (exact) mass is 441 g/mol. The van der Waals surface area contributed by atoms with E-state index in [9.17, 15) is 4.79 Å². The van der Waals surface area contributed by atoms with Gasteiger partial charge in [0.1, 0.15) is 0 Å². The van der Waals surface area contributed by atoms with Crippen LogP contribution in [0.5, 0.6) is 0 Å². The van der Waals surface area contributed by atoms with Crippen LogP contribution in [-0.2, 0) is 11.3 Å².